The maximum absolute atomic E-state index is 14.0. The van der Waals surface area contributed by atoms with Crippen molar-refractivity contribution in [1.82, 2.24) is 5.32 Å². The molecule has 0 heterocycles. The van der Waals surface area contributed by atoms with Crippen molar-refractivity contribution >= 4 is 39.1 Å². The molecule has 0 aromatic heterocycles. The Kier molecular flexibility index (Phi) is 4.85. The van der Waals surface area contributed by atoms with Crippen LogP contribution in [0.3, 0.4) is 0 Å². The van der Waals surface area contributed by atoms with Crippen molar-refractivity contribution in [3.63, 3.8) is 0 Å². The minimum atomic E-state index is -0.358. The van der Waals surface area contributed by atoms with E-state index in [0.717, 1.165) is 10.0 Å². The average Bonchev–Trinajstić information content (AvgIpc) is 2.39. The van der Waals surface area contributed by atoms with Gasteiger partial charge in [-0.3, -0.25) is 0 Å². The minimum absolute atomic E-state index is 0.293. The van der Waals surface area contributed by atoms with Gasteiger partial charge in [0.1, 0.15) is 5.82 Å². The number of nitrogens with one attached hydrogen (secondary N) is 1. The normalized spacial score (nSPS) is 12.5. The highest BCUT2D eigenvalue weighted by Gasteiger charge is 2.20. The third-order valence-electron chi connectivity index (χ3n) is 2.85. The summed E-state index contributed by atoms with van der Waals surface area (Å²) in [5.41, 5.74) is 1.26. The Morgan fingerprint density at radius 3 is 2.58 bits per heavy atom. The predicted molar refractivity (Wildman–Crippen MR) is 81.5 cm³/mol. The lowest BCUT2D eigenvalue weighted by Crippen LogP contribution is -2.19. The van der Waals surface area contributed by atoms with Gasteiger partial charge in [0.15, 0.2) is 0 Å². The van der Waals surface area contributed by atoms with E-state index in [1.165, 1.54) is 6.07 Å². The van der Waals surface area contributed by atoms with E-state index in [2.05, 4.69) is 21.2 Å². The van der Waals surface area contributed by atoms with Crippen LogP contribution in [0.4, 0.5) is 4.39 Å². The highest BCUT2D eigenvalue weighted by molar-refractivity contribution is 9.10. The van der Waals surface area contributed by atoms with Gasteiger partial charge in [-0.05, 0) is 36.9 Å². The van der Waals surface area contributed by atoms with E-state index >= 15 is 0 Å². The zero-order valence-electron chi connectivity index (χ0n) is 10.1. The van der Waals surface area contributed by atoms with Gasteiger partial charge in [-0.25, -0.2) is 4.39 Å². The zero-order chi connectivity index (χ0) is 14.0. The van der Waals surface area contributed by atoms with Crippen molar-refractivity contribution in [2.75, 3.05) is 7.05 Å². The van der Waals surface area contributed by atoms with Crippen LogP contribution < -0.4 is 5.32 Å². The van der Waals surface area contributed by atoms with Crippen molar-refractivity contribution in [2.24, 2.45) is 0 Å². The van der Waals surface area contributed by atoms with Crippen LogP contribution in [-0.4, -0.2) is 7.05 Å². The summed E-state index contributed by atoms with van der Waals surface area (Å²) >= 11 is 15.6. The molecule has 0 radical (unpaired) electrons. The fourth-order valence-electron chi connectivity index (χ4n) is 1.96. The van der Waals surface area contributed by atoms with Gasteiger partial charge in [0.05, 0.1) is 16.1 Å². The molecule has 2 aromatic rings. The molecule has 0 amide bonds. The van der Waals surface area contributed by atoms with Crippen molar-refractivity contribution in [2.45, 2.75) is 6.04 Å². The summed E-state index contributed by atoms with van der Waals surface area (Å²) in [6.45, 7) is 0. The fourth-order valence-corrected chi connectivity index (χ4v) is 2.75. The van der Waals surface area contributed by atoms with E-state index < -0.39 is 0 Å². The first-order chi connectivity index (χ1) is 9.04. The van der Waals surface area contributed by atoms with Gasteiger partial charge in [0.2, 0.25) is 0 Å². The summed E-state index contributed by atoms with van der Waals surface area (Å²) in [5.74, 6) is -0.293. The molecular formula is C14H11BrCl2FN. The van der Waals surface area contributed by atoms with Gasteiger partial charge < -0.3 is 5.32 Å². The molecule has 19 heavy (non-hydrogen) atoms. The van der Waals surface area contributed by atoms with E-state index in [9.17, 15) is 4.39 Å². The molecule has 2 rings (SSSR count). The first-order valence-corrected chi connectivity index (χ1v) is 7.15. The van der Waals surface area contributed by atoms with Crippen LogP contribution in [0.1, 0.15) is 17.2 Å². The average molecular weight is 363 g/mol. The quantitative estimate of drug-likeness (QED) is 0.790. The molecule has 0 bridgehead atoms. The second-order valence-electron chi connectivity index (χ2n) is 4.03. The standard InChI is InChI=1S/C14H11BrCl2FN/c1-19-14(9-3-2-4-11(16)13(9)17)10-7-8(15)5-6-12(10)18/h2-7,14,19H,1H3. The third-order valence-corrected chi connectivity index (χ3v) is 4.18. The summed E-state index contributed by atoms with van der Waals surface area (Å²) in [6, 6.07) is 9.78. The maximum Gasteiger partial charge on any atom is 0.128 e. The monoisotopic (exact) mass is 361 g/mol. The van der Waals surface area contributed by atoms with E-state index in [4.69, 9.17) is 23.2 Å². The van der Waals surface area contributed by atoms with Crippen molar-refractivity contribution < 1.29 is 4.39 Å². The summed E-state index contributed by atoms with van der Waals surface area (Å²) in [7, 11) is 1.75. The van der Waals surface area contributed by atoms with Crippen LogP contribution in [0.5, 0.6) is 0 Å². The van der Waals surface area contributed by atoms with E-state index in [0.29, 0.717) is 15.6 Å². The van der Waals surface area contributed by atoms with Crippen molar-refractivity contribution in [3.8, 4) is 0 Å². The molecule has 0 aliphatic carbocycles. The molecule has 0 spiro atoms. The second kappa shape index (κ2) is 6.23. The molecule has 2 aromatic carbocycles. The highest BCUT2D eigenvalue weighted by Crippen LogP contribution is 2.34. The van der Waals surface area contributed by atoms with Crippen LogP contribution in [0.25, 0.3) is 0 Å². The number of hydrogen-bond donors (Lipinski definition) is 1. The molecular weight excluding hydrogens is 352 g/mol. The molecule has 5 heteroatoms. The van der Waals surface area contributed by atoms with Crippen LogP contribution in [-0.2, 0) is 0 Å². The Labute approximate surface area is 129 Å². The largest absolute Gasteiger partial charge is 0.309 e. The van der Waals surface area contributed by atoms with Gasteiger partial charge in [0, 0.05) is 10.0 Å². The van der Waals surface area contributed by atoms with Gasteiger partial charge >= 0.3 is 0 Å². The molecule has 100 valence electrons. The van der Waals surface area contributed by atoms with Gasteiger partial charge in [-0.1, -0.05) is 51.3 Å². The molecule has 0 saturated heterocycles. The lowest BCUT2D eigenvalue weighted by molar-refractivity contribution is 0.576. The zero-order valence-corrected chi connectivity index (χ0v) is 13.2. The highest BCUT2D eigenvalue weighted by atomic mass is 79.9. The SMILES string of the molecule is CNC(c1cc(Br)ccc1F)c1cccc(Cl)c1Cl. The Bertz CT molecular complexity index is 602. The summed E-state index contributed by atoms with van der Waals surface area (Å²) in [6.07, 6.45) is 0. The Morgan fingerprint density at radius 2 is 1.89 bits per heavy atom. The van der Waals surface area contributed by atoms with Crippen molar-refractivity contribution in [3.05, 3.63) is 67.9 Å². The molecule has 0 saturated carbocycles. The molecule has 0 aliphatic heterocycles. The summed E-state index contributed by atoms with van der Waals surface area (Å²) in [5, 5.41) is 3.95. The molecule has 0 aliphatic rings. The van der Waals surface area contributed by atoms with Crippen LogP contribution in [0, 0.1) is 5.82 Å². The first kappa shape index (κ1) is 14.8. The first-order valence-electron chi connectivity index (χ1n) is 5.60. The van der Waals surface area contributed by atoms with Gasteiger partial charge in [-0.15, -0.1) is 0 Å². The van der Waals surface area contributed by atoms with Gasteiger partial charge in [-0.2, -0.15) is 0 Å². The van der Waals surface area contributed by atoms with E-state index in [1.807, 2.05) is 6.07 Å². The molecule has 1 N–H and O–H groups in total. The smallest absolute Gasteiger partial charge is 0.128 e. The van der Waals surface area contributed by atoms with Crippen LogP contribution in [0.2, 0.25) is 10.0 Å². The summed E-state index contributed by atoms with van der Waals surface area (Å²) < 4.78 is 14.8. The minimum Gasteiger partial charge on any atom is -0.309 e. The number of halogens is 4. The molecule has 1 atom stereocenters. The third kappa shape index (κ3) is 3.11. The predicted octanol–water partition coefficient (Wildman–Crippen LogP) is 5.20. The number of rotatable bonds is 3. The van der Waals surface area contributed by atoms with E-state index in [1.54, 1.807) is 31.3 Å². The Balaban J connectivity index is 2.56. The topological polar surface area (TPSA) is 12.0 Å². The van der Waals surface area contributed by atoms with Crippen LogP contribution >= 0.6 is 39.1 Å². The number of hydrogen-bond acceptors (Lipinski definition) is 1. The van der Waals surface area contributed by atoms with Gasteiger partial charge in [0.25, 0.3) is 0 Å². The van der Waals surface area contributed by atoms with Crippen molar-refractivity contribution in [1.29, 1.82) is 0 Å². The summed E-state index contributed by atoms with van der Waals surface area (Å²) in [4.78, 5) is 0. The maximum atomic E-state index is 14.0. The molecule has 0 fully saturated rings. The second-order valence-corrected chi connectivity index (χ2v) is 5.73. The Hall–Kier alpha value is -0.610. The Morgan fingerprint density at radius 1 is 1.16 bits per heavy atom. The van der Waals surface area contributed by atoms with Crippen LogP contribution in [0.15, 0.2) is 40.9 Å². The molecule has 1 unspecified atom stereocenters. The molecule has 1 nitrogen and oxygen atoms in total. The lowest BCUT2D eigenvalue weighted by atomic mass is 9.98. The van der Waals surface area contributed by atoms with E-state index in [-0.39, 0.29) is 11.9 Å². The number of benzene rings is 2. The fraction of sp³-hybridized carbons (Fsp3) is 0.143. The lowest BCUT2D eigenvalue weighted by Gasteiger charge is -2.20.